The van der Waals surface area contributed by atoms with Crippen LogP contribution in [0.5, 0.6) is 0 Å². The van der Waals surface area contributed by atoms with Gasteiger partial charge in [0, 0.05) is 44.1 Å². The van der Waals surface area contributed by atoms with Crippen molar-refractivity contribution in [1.82, 2.24) is 0 Å². The van der Waals surface area contributed by atoms with Crippen molar-refractivity contribution in [2.45, 2.75) is 29.1 Å². The molecule has 3 aromatic rings. The summed E-state index contributed by atoms with van der Waals surface area (Å²) in [5, 5.41) is 6.57. The average molecular weight is 517 g/mol. The van der Waals surface area contributed by atoms with E-state index in [0.29, 0.717) is 27.8 Å². The predicted octanol–water partition coefficient (Wildman–Crippen LogP) is 6.44. The van der Waals surface area contributed by atoms with Gasteiger partial charge < -0.3 is 15.4 Å². The maximum atomic E-state index is 12.1. The molecule has 3 rings (SSSR count). The highest BCUT2D eigenvalue weighted by molar-refractivity contribution is 7.99. The highest BCUT2D eigenvalue weighted by Gasteiger charge is 2.10. The average Bonchev–Trinajstić information content (AvgIpc) is 2.80. The Morgan fingerprint density at radius 2 is 1.38 bits per heavy atom. The molecular formula is C25H22Cl2N2O4S. The van der Waals surface area contributed by atoms with Crippen LogP contribution in [-0.2, 0) is 19.1 Å². The van der Waals surface area contributed by atoms with Gasteiger partial charge in [-0.1, -0.05) is 41.0 Å². The van der Waals surface area contributed by atoms with Crippen molar-refractivity contribution in [1.29, 1.82) is 0 Å². The van der Waals surface area contributed by atoms with Gasteiger partial charge in [-0.2, -0.15) is 0 Å². The highest BCUT2D eigenvalue weighted by Crippen LogP contribution is 2.29. The van der Waals surface area contributed by atoms with Crippen LogP contribution in [0.2, 0.25) is 10.0 Å². The van der Waals surface area contributed by atoms with E-state index < -0.39 is 18.5 Å². The summed E-state index contributed by atoms with van der Waals surface area (Å²) in [5.41, 5.74) is 1.19. The third-order valence-electron chi connectivity index (χ3n) is 4.44. The van der Waals surface area contributed by atoms with Crippen LogP contribution < -0.4 is 10.6 Å². The Morgan fingerprint density at radius 3 is 2.06 bits per heavy atom. The number of halogens is 2. The number of anilines is 2. The van der Waals surface area contributed by atoms with Crippen molar-refractivity contribution in [2.24, 2.45) is 0 Å². The van der Waals surface area contributed by atoms with Crippen LogP contribution in [0.15, 0.2) is 82.6 Å². The molecule has 0 aliphatic heterocycles. The van der Waals surface area contributed by atoms with Gasteiger partial charge in [-0.05, 0) is 73.2 Å². The molecule has 0 saturated carbocycles. The molecule has 0 bridgehead atoms. The van der Waals surface area contributed by atoms with Crippen LogP contribution in [-0.4, -0.2) is 24.4 Å². The van der Waals surface area contributed by atoms with Gasteiger partial charge in [0.25, 0.3) is 5.91 Å². The largest absolute Gasteiger partial charge is 0.456 e. The van der Waals surface area contributed by atoms with E-state index in [1.54, 1.807) is 36.0 Å². The Kier molecular flexibility index (Phi) is 9.82. The van der Waals surface area contributed by atoms with Gasteiger partial charge in [0.2, 0.25) is 5.91 Å². The molecule has 2 amide bonds. The Hall–Kier alpha value is -3.00. The van der Waals surface area contributed by atoms with Gasteiger partial charge in [-0.3, -0.25) is 14.4 Å². The number of nitrogens with one attached hydrogen (secondary N) is 2. The molecule has 0 aliphatic rings. The number of hydrogen-bond donors (Lipinski definition) is 2. The summed E-state index contributed by atoms with van der Waals surface area (Å²) < 4.78 is 4.95. The number of carbonyl (C=O) groups is 3. The van der Waals surface area contributed by atoms with Crippen LogP contribution in [0.25, 0.3) is 0 Å². The number of esters is 1. The summed E-state index contributed by atoms with van der Waals surface area (Å²) in [7, 11) is 0. The molecule has 0 heterocycles. The van der Waals surface area contributed by atoms with Crippen LogP contribution in [0.3, 0.4) is 0 Å². The lowest BCUT2D eigenvalue weighted by Gasteiger charge is -2.08. The van der Waals surface area contributed by atoms with E-state index in [2.05, 4.69) is 10.6 Å². The lowest BCUT2D eigenvalue weighted by atomic mass is 10.2. The predicted molar refractivity (Wildman–Crippen MR) is 136 cm³/mol. The van der Waals surface area contributed by atoms with E-state index in [4.69, 9.17) is 27.9 Å². The zero-order chi connectivity index (χ0) is 24.3. The number of carbonyl (C=O) groups excluding carboxylic acids is 3. The maximum absolute atomic E-state index is 12.1. The van der Waals surface area contributed by atoms with E-state index in [-0.39, 0.29) is 18.7 Å². The third kappa shape index (κ3) is 9.09. The minimum absolute atomic E-state index is 0.0362. The van der Waals surface area contributed by atoms with Crippen molar-refractivity contribution in [3.05, 3.63) is 82.8 Å². The molecule has 6 nitrogen and oxygen atoms in total. The fraction of sp³-hybridized carbons (Fsp3) is 0.160. The second-order valence-corrected chi connectivity index (χ2v) is 9.22. The van der Waals surface area contributed by atoms with E-state index in [1.165, 1.54) is 0 Å². The topological polar surface area (TPSA) is 84.5 Å². The summed E-state index contributed by atoms with van der Waals surface area (Å²) in [5.74, 6) is -1.21. The third-order valence-corrected chi connectivity index (χ3v) is 5.95. The first-order valence-corrected chi connectivity index (χ1v) is 12.0. The Bertz CT molecular complexity index is 1140. The summed E-state index contributed by atoms with van der Waals surface area (Å²) in [6, 6.07) is 21.7. The number of benzene rings is 3. The van der Waals surface area contributed by atoms with Crippen molar-refractivity contribution in [2.75, 3.05) is 17.2 Å². The second-order valence-electron chi connectivity index (χ2n) is 7.20. The first kappa shape index (κ1) is 25.6. The van der Waals surface area contributed by atoms with E-state index in [1.807, 2.05) is 48.5 Å². The second kappa shape index (κ2) is 13.0. The zero-order valence-corrected chi connectivity index (χ0v) is 20.4. The molecule has 3 aromatic carbocycles. The summed E-state index contributed by atoms with van der Waals surface area (Å²) in [4.78, 5) is 37.9. The van der Waals surface area contributed by atoms with Crippen molar-refractivity contribution >= 4 is 64.1 Å². The molecule has 0 spiro atoms. The number of amides is 2. The quantitative estimate of drug-likeness (QED) is 0.303. The number of rotatable bonds is 10. The molecule has 0 fully saturated rings. The van der Waals surface area contributed by atoms with Crippen LogP contribution in [0, 0.1) is 0 Å². The Labute approximate surface area is 212 Å². The molecule has 176 valence electrons. The van der Waals surface area contributed by atoms with Gasteiger partial charge in [0.15, 0.2) is 6.61 Å². The summed E-state index contributed by atoms with van der Waals surface area (Å²) in [6.45, 7) is -0.405. The van der Waals surface area contributed by atoms with Gasteiger partial charge >= 0.3 is 5.97 Å². The van der Waals surface area contributed by atoms with Crippen molar-refractivity contribution in [3.63, 3.8) is 0 Å². The molecule has 0 atom stereocenters. The minimum atomic E-state index is -0.544. The van der Waals surface area contributed by atoms with Gasteiger partial charge in [-0.25, -0.2) is 0 Å². The first-order chi connectivity index (χ1) is 16.4. The van der Waals surface area contributed by atoms with Crippen LogP contribution in [0.4, 0.5) is 11.4 Å². The fourth-order valence-corrected chi connectivity index (χ4v) is 3.98. The molecule has 0 aliphatic carbocycles. The van der Waals surface area contributed by atoms with Crippen LogP contribution in [0.1, 0.15) is 19.3 Å². The summed E-state index contributed by atoms with van der Waals surface area (Å²) >= 11 is 13.4. The fourth-order valence-electron chi connectivity index (χ4n) is 2.84. The SMILES string of the molecule is O=C(CCCC(=O)OCC(=O)Nc1cccc(Cl)c1)Nc1ccc(Sc2ccc(Cl)cc2)cc1. The Morgan fingerprint density at radius 1 is 0.735 bits per heavy atom. The lowest BCUT2D eigenvalue weighted by Crippen LogP contribution is -2.21. The molecule has 0 aromatic heterocycles. The zero-order valence-electron chi connectivity index (χ0n) is 18.1. The molecule has 2 N–H and O–H groups in total. The molecule has 0 saturated heterocycles. The summed E-state index contributed by atoms with van der Waals surface area (Å²) in [6.07, 6.45) is 0.505. The monoisotopic (exact) mass is 516 g/mol. The smallest absolute Gasteiger partial charge is 0.306 e. The Balaban J connectivity index is 1.32. The molecule has 9 heteroatoms. The first-order valence-electron chi connectivity index (χ1n) is 10.4. The standard InChI is InChI=1S/C25H22Cl2N2O4S/c26-17-7-11-21(12-8-17)34-22-13-9-19(10-14-22)28-23(30)5-2-6-25(32)33-16-24(31)29-20-4-1-3-18(27)15-20/h1,3-4,7-15H,2,5-6,16H2,(H,28,30)(H,29,31). The highest BCUT2D eigenvalue weighted by atomic mass is 35.5. The number of ether oxygens (including phenoxy) is 1. The molecule has 0 radical (unpaired) electrons. The van der Waals surface area contributed by atoms with Crippen molar-refractivity contribution in [3.8, 4) is 0 Å². The molecule has 34 heavy (non-hydrogen) atoms. The minimum Gasteiger partial charge on any atom is -0.456 e. The van der Waals surface area contributed by atoms with Crippen LogP contribution >= 0.6 is 35.0 Å². The lowest BCUT2D eigenvalue weighted by molar-refractivity contribution is -0.147. The van der Waals surface area contributed by atoms with E-state index >= 15 is 0 Å². The van der Waals surface area contributed by atoms with Gasteiger partial charge in [-0.15, -0.1) is 0 Å². The molecular weight excluding hydrogens is 495 g/mol. The van der Waals surface area contributed by atoms with Crippen molar-refractivity contribution < 1.29 is 19.1 Å². The van der Waals surface area contributed by atoms with E-state index in [9.17, 15) is 14.4 Å². The van der Waals surface area contributed by atoms with E-state index in [0.717, 1.165) is 9.79 Å². The normalized spacial score (nSPS) is 10.4. The number of hydrogen-bond acceptors (Lipinski definition) is 5. The molecule has 0 unspecified atom stereocenters. The van der Waals surface area contributed by atoms with Gasteiger partial charge in [0.1, 0.15) is 0 Å². The van der Waals surface area contributed by atoms with Gasteiger partial charge in [0.05, 0.1) is 0 Å². The maximum Gasteiger partial charge on any atom is 0.306 e.